The van der Waals surface area contributed by atoms with Gasteiger partial charge in [-0.3, -0.25) is 4.79 Å². The van der Waals surface area contributed by atoms with Crippen LogP contribution in [0.1, 0.15) is 12.0 Å². The number of hydrogen-bond acceptors (Lipinski definition) is 2. The Morgan fingerprint density at radius 3 is 2.71 bits per heavy atom. The van der Waals surface area contributed by atoms with Crippen LogP contribution in [0.3, 0.4) is 0 Å². The van der Waals surface area contributed by atoms with Gasteiger partial charge in [-0.05, 0) is 18.6 Å². The second-order valence-corrected chi connectivity index (χ2v) is 3.16. The van der Waals surface area contributed by atoms with Crippen molar-refractivity contribution in [3.63, 3.8) is 0 Å². The Kier molecular flexibility index (Phi) is 3.30. The summed E-state index contributed by atoms with van der Waals surface area (Å²) in [5.41, 5.74) is -0.0556. The number of aliphatic carboxylic acids is 1. The zero-order valence-corrected chi connectivity index (χ0v) is 7.88. The van der Waals surface area contributed by atoms with Crippen LogP contribution < -0.4 is 0 Å². The molecule has 0 saturated carbocycles. The van der Waals surface area contributed by atoms with E-state index in [1.54, 1.807) is 0 Å². The Balaban J connectivity index is 2.95. The quantitative estimate of drug-likeness (QED) is 0.818. The van der Waals surface area contributed by atoms with Crippen LogP contribution in [-0.4, -0.2) is 16.2 Å². The number of carboxylic acids is 1. The molecule has 0 bridgehead atoms. The number of rotatable bonds is 3. The fraction of sp³-hybridized carbons (Fsp3) is 0.222. The summed E-state index contributed by atoms with van der Waals surface area (Å²) in [5.74, 6) is -2.08. The molecular weight excluding hydrogens is 211 g/mol. The lowest BCUT2D eigenvalue weighted by Gasteiger charge is -2.05. The van der Waals surface area contributed by atoms with Crippen molar-refractivity contribution in [2.24, 2.45) is 0 Å². The first-order chi connectivity index (χ1) is 6.52. The molecule has 1 aromatic carbocycles. The van der Waals surface area contributed by atoms with Gasteiger partial charge in [0.05, 0.1) is 5.02 Å². The van der Waals surface area contributed by atoms with Gasteiger partial charge >= 0.3 is 5.97 Å². The Bertz CT molecular complexity index is 365. The molecule has 1 aromatic rings. The standard InChI is InChI=1S/C9H8ClFO3/c10-6-2-3-7(11)5(9(6)14)1-4-8(12)13/h2-3,14H,1,4H2,(H,12,13). The van der Waals surface area contributed by atoms with E-state index in [0.29, 0.717) is 0 Å². The molecule has 0 saturated heterocycles. The third kappa shape index (κ3) is 2.35. The fourth-order valence-corrected chi connectivity index (χ4v) is 1.23. The predicted octanol–water partition coefficient (Wildman–Crippen LogP) is 2.20. The summed E-state index contributed by atoms with van der Waals surface area (Å²) in [6, 6.07) is 2.32. The predicted molar refractivity (Wildman–Crippen MR) is 49.0 cm³/mol. The van der Waals surface area contributed by atoms with E-state index in [-0.39, 0.29) is 29.2 Å². The monoisotopic (exact) mass is 218 g/mol. The molecule has 0 heterocycles. The van der Waals surface area contributed by atoms with E-state index in [1.807, 2.05) is 0 Å². The first-order valence-electron chi connectivity index (χ1n) is 3.90. The van der Waals surface area contributed by atoms with Crippen molar-refractivity contribution < 1.29 is 19.4 Å². The molecule has 2 N–H and O–H groups in total. The largest absolute Gasteiger partial charge is 0.506 e. The molecular formula is C9H8ClFO3. The van der Waals surface area contributed by atoms with Crippen LogP contribution in [0.5, 0.6) is 5.75 Å². The van der Waals surface area contributed by atoms with Crippen LogP contribution in [0, 0.1) is 5.82 Å². The topological polar surface area (TPSA) is 57.5 Å². The molecule has 0 atom stereocenters. The second-order valence-electron chi connectivity index (χ2n) is 2.75. The lowest BCUT2D eigenvalue weighted by molar-refractivity contribution is -0.136. The summed E-state index contributed by atoms with van der Waals surface area (Å²) in [6.45, 7) is 0. The molecule has 0 aromatic heterocycles. The summed E-state index contributed by atoms with van der Waals surface area (Å²) in [5, 5.41) is 17.7. The molecule has 14 heavy (non-hydrogen) atoms. The summed E-state index contributed by atoms with van der Waals surface area (Å²) in [4.78, 5) is 10.2. The number of phenolic OH excluding ortho intramolecular Hbond substituents is 1. The van der Waals surface area contributed by atoms with Crippen molar-refractivity contribution >= 4 is 17.6 Å². The molecule has 0 unspecified atom stereocenters. The highest BCUT2D eigenvalue weighted by molar-refractivity contribution is 6.32. The SMILES string of the molecule is O=C(O)CCc1c(F)ccc(Cl)c1O. The van der Waals surface area contributed by atoms with Crippen molar-refractivity contribution in [1.29, 1.82) is 0 Å². The smallest absolute Gasteiger partial charge is 0.303 e. The van der Waals surface area contributed by atoms with E-state index in [1.165, 1.54) is 6.07 Å². The van der Waals surface area contributed by atoms with E-state index >= 15 is 0 Å². The third-order valence-electron chi connectivity index (χ3n) is 1.77. The molecule has 0 radical (unpaired) electrons. The minimum atomic E-state index is -1.05. The maximum absolute atomic E-state index is 13.1. The normalized spacial score (nSPS) is 10.1. The van der Waals surface area contributed by atoms with E-state index in [9.17, 15) is 14.3 Å². The van der Waals surface area contributed by atoms with Crippen molar-refractivity contribution in [1.82, 2.24) is 0 Å². The van der Waals surface area contributed by atoms with Gasteiger partial charge in [-0.25, -0.2) is 4.39 Å². The highest BCUT2D eigenvalue weighted by Crippen LogP contribution is 2.30. The summed E-state index contributed by atoms with van der Waals surface area (Å²) in [7, 11) is 0. The van der Waals surface area contributed by atoms with Crippen LogP contribution >= 0.6 is 11.6 Å². The van der Waals surface area contributed by atoms with Crippen LogP contribution in [0.4, 0.5) is 4.39 Å². The van der Waals surface area contributed by atoms with E-state index in [0.717, 1.165) is 6.07 Å². The molecule has 3 nitrogen and oxygen atoms in total. The number of carbonyl (C=O) groups is 1. The molecule has 5 heteroatoms. The average Bonchev–Trinajstić information content (AvgIpc) is 2.11. The highest BCUT2D eigenvalue weighted by atomic mass is 35.5. The summed E-state index contributed by atoms with van der Waals surface area (Å²) >= 11 is 5.54. The van der Waals surface area contributed by atoms with Crippen LogP contribution in [0.25, 0.3) is 0 Å². The first kappa shape index (κ1) is 10.8. The van der Waals surface area contributed by atoms with Gasteiger partial charge in [0.1, 0.15) is 11.6 Å². The highest BCUT2D eigenvalue weighted by Gasteiger charge is 2.12. The van der Waals surface area contributed by atoms with E-state index in [2.05, 4.69) is 0 Å². The Labute approximate surface area is 84.7 Å². The Morgan fingerprint density at radius 1 is 1.50 bits per heavy atom. The van der Waals surface area contributed by atoms with Gasteiger partial charge in [0.25, 0.3) is 0 Å². The average molecular weight is 219 g/mol. The number of hydrogen-bond donors (Lipinski definition) is 2. The summed E-state index contributed by atoms with van der Waals surface area (Å²) < 4.78 is 13.1. The Hall–Kier alpha value is -1.29. The number of halogens is 2. The van der Waals surface area contributed by atoms with Gasteiger partial charge in [0.15, 0.2) is 0 Å². The molecule has 0 fully saturated rings. The molecule has 1 rings (SSSR count). The number of benzene rings is 1. The molecule has 76 valence electrons. The Morgan fingerprint density at radius 2 is 2.14 bits per heavy atom. The minimum absolute atomic E-state index is 0.0202. The van der Waals surface area contributed by atoms with Crippen molar-refractivity contribution in [3.05, 3.63) is 28.5 Å². The maximum Gasteiger partial charge on any atom is 0.303 e. The number of carboxylic acid groups (broad SMARTS) is 1. The van der Waals surface area contributed by atoms with Gasteiger partial charge in [-0.2, -0.15) is 0 Å². The van der Waals surface area contributed by atoms with E-state index in [4.69, 9.17) is 16.7 Å². The van der Waals surface area contributed by atoms with Crippen LogP contribution in [0.15, 0.2) is 12.1 Å². The zero-order valence-electron chi connectivity index (χ0n) is 7.13. The van der Waals surface area contributed by atoms with Gasteiger partial charge in [-0.1, -0.05) is 11.6 Å². The molecule has 0 aliphatic carbocycles. The molecule has 0 aliphatic heterocycles. The van der Waals surface area contributed by atoms with Crippen LogP contribution in [0.2, 0.25) is 5.02 Å². The van der Waals surface area contributed by atoms with Gasteiger partial charge in [0.2, 0.25) is 0 Å². The first-order valence-corrected chi connectivity index (χ1v) is 4.28. The van der Waals surface area contributed by atoms with E-state index < -0.39 is 11.8 Å². The van der Waals surface area contributed by atoms with Crippen molar-refractivity contribution in [2.45, 2.75) is 12.8 Å². The van der Waals surface area contributed by atoms with Gasteiger partial charge in [0, 0.05) is 12.0 Å². The van der Waals surface area contributed by atoms with Gasteiger partial charge in [-0.15, -0.1) is 0 Å². The molecule has 0 amide bonds. The van der Waals surface area contributed by atoms with Crippen LogP contribution in [-0.2, 0) is 11.2 Å². The van der Waals surface area contributed by atoms with Gasteiger partial charge < -0.3 is 10.2 Å². The number of aromatic hydroxyl groups is 1. The lowest BCUT2D eigenvalue weighted by Crippen LogP contribution is -2.00. The van der Waals surface area contributed by atoms with Crippen molar-refractivity contribution in [2.75, 3.05) is 0 Å². The zero-order chi connectivity index (χ0) is 10.7. The summed E-state index contributed by atoms with van der Waals surface area (Å²) in [6.07, 6.45) is -0.321. The molecule has 0 aliphatic rings. The fourth-order valence-electron chi connectivity index (χ4n) is 1.05. The lowest BCUT2D eigenvalue weighted by atomic mass is 10.1. The molecule has 0 spiro atoms. The maximum atomic E-state index is 13.1. The second kappa shape index (κ2) is 4.28. The van der Waals surface area contributed by atoms with Crippen molar-refractivity contribution in [3.8, 4) is 5.75 Å². The number of phenols is 1. The minimum Gasteiger partial charge on any atom is -0.506 e. The third-order valence-corrected chi connectivity index (χ3v) is 2.07.